The monoisotopic (exact) mass is 625 g/mol. The number of carboxylic acid groups (broad SMARTS) is 2. The van der Waals surface area contributed by atoms with E-state index in [1.165, 1.54) is 28.9 Å². The van der Waals surface area contributed by atoms with Gasteiger partial charge in [-0.1, -0.05) is 23.8 Å². The molecular formula is C22H27N9O7S3. The van der Waals surface area contributed by atoms with Gasteiger partial charge in [-0.15, -0.1) is 23.1 Å². The zero-order valence-corrected chi connectivity index (χ0v) is 24.0. The van der Waals surface area contributed by atoms with E-state index in [1.807, 2.05) is 11.8 Å². The fraction of sp³-hybridized carbons (Fsp3) is 0.409. The molecule has 1 aromatic heterocycles. The maximum Gasteiger partial charge on any atom is 0.352 e. The number of anilines is 1. The van der Waals surface area contributed by atoms with Crippen LogP contribution in [0.3, 0.4) is 0 Å². The Bertz CT molecular complexity index is 1380. The molecule has 0 bridgehead atoms. The lowest BCUT2D eigenvalue weighted by molar-refractivity contribution is -0.150. The molecule has 4 heterocycles. The summed E-state index contributed by atoms with van der Waals surface area (Å²) >= 11 is 3.59. The molecule has 1 aromatic rings. The molecule has 9 N–H and O–H groups in total. The second-order valence-electron chi connectivity index (χ2n) is 8.75. The quantitative estimate of drug-likeness (QED) is 0.0997. The first-order valence-corrected chi connectivity index (χ1v) is 15.0. The number of carbonyl (C=O) groups is 4. The number of nitrogens with two attached hydrogens (primary N) is 3. The molecule has 4 rings (SSSR count). The number of β-lactam (4-membered cyclic amide) rings is 1. The molecule has 2 amide bonds. The Hall–Kier alpha value is -3.81. The van der Waals surface area contributed by atoms with Gasteiger partial charge in [0, 0.05) is 23.4 Å². The van der Waals surface area contributed by atoms with Crippen LogP contribution in [0.4, 0.5) is 5.13 Å². The van der Waals surface area contributed by atoms with Crippen LogP contribution in [-0.4, -0.2) is 102 Å². The second-order valence-corrected chi connectivity index (χ2v) is 11.7. The minimum atomic E-state index is -1.31. The third kappa shape index (κ3) is 6.58. The maximum atomic E-state index is 13.1. The predicted molar refractivity (Wildman–Crippen MR) is 153 cm³/mol. The standard InChI is InChI=1S/C22H27N9O7S3/c1-2-3-30-12(24)4-11(23)27-22(30)41-7-9-6-39-19-15(18(35)31(19)16(9)20(36)37)28-17(34)14(29-38-5-13(32)33)10-8-40-21(25)26-10/h4,8,12,15,19H,2-3,5-7,23-24H2,1H3,(H2,25,26)(H,28,34)(H,32,33)(H,36,37)/b29-14-/t12?,15?,19-/m0/s1. The number of aliphatic carboxylic acids is 2. The lowest BCUT2D eigenvalue weighted by Gasteiger charge is -2.49. The van der Waals surface area contributed by atoms with Gasteiger partial charge in [-0.3, -0.25) is 14.5 Å². The number of carboxylic acids is 2. The van der Waals surface area contributed by atoms with Gasteiger partial charge < -0.3 is 42.5 Å². The normalized spacial score (nSPS) is 22.4. The molecule has 0 radical (unpaired) electrons. The highest BCUT2D eigenvalue weighted by Crippen LogP contribution is 2.41. The minimum absolute atomic E-state index is 0.0266. The number of amidine groups is 1. The summed E-state index contributed by atoms with van der Waals surface area (Å²) in [7, 11) is 0. The number of hydrogen-bond donors (Lipinski definition) is 6. The van der Waals surface area contributed by atoms with Gasteiger partial charge in [-0.05, 0) is 18.1 Å². The molecule has 16 nitrogen and oxygen atoms in total. The van der Waals surface area contributed by atoms with Gasteiger partial charge in [0.2, 0.25) is 6.61 Å². The molecule has 3 aliphatic heterocycles. The first-order valence-electron chi connectivity index (χ1n) is 12.1. The number of oxime groups is 1. The first-order chi connectivity index (χ1) is 19.5. The summed E-state index contributed by atoms with van der Waals surface area (Å²) in [5.41, 5.74) is 17.7. The maximum absolute atomic E-state index is 13.1. The van der Waals surface area contributed by atoms with E-state index in [2.05, 4.69) is 20.4 Å². The number of thioether (sulfide) groups is 2. The van der Waals surface area contributed by atoms with Crippen molar-refractivity contribution in [3.63, 3.8) is 0 Å². The molecule has 1 fully saturated rings. The average Bonchev–Trinajstić information content (AvgIpc) is 3.34. The topological polar surface area (TPSA) is 252 Å². The van der Waals surface area contributed by atoms with Crippen LogP contribution in [0.2, 0.25) is 0 Å². The zero-order chi connectivity index (χ0) is 29.8. The molecule has 19 heteroatoms. The highest BCUT2D eigenvalue weighted by molar-refractivity contribution is 8.14. The number of nitrogens with one attached hydrogen (secondary N) is 1. The molecule has 2 unspecified atom stereocenters. The Morgan fingerprint density at radius 2 is 2.07 bits per heavy atom. The van der Waals surface area contributed by atoms with Crippen LogP contribution >= 0.6 is 34.9 Å². The van der Waals surface area contributed by atoms with Gasteiger partial charge in [0.15, 0.2) is 16.0 Å². The Balaban J connectivity index is 1.49. The molecule has 0 saturated carbocycles. The highest BCUT2D eigenvalue weighted by atomic mass is 32.2. The lowest BCUT2D eigenvalue weighted by Crippen LogP contribution is -2.71. The van der Waals surface area contributed by atoms with Crippen molar-refractivity contribution in [2.75, 3.05) is 30.4 Å². The van der Waals surface area contributed by atoms with Crippen molar-refractivity contribution in [3.8, 4) is 0 Å². The van der Waals surface area contributed by atoms with Crippen LogP contribution in [0.25, 0.3) is 0 Å². The summed E-state index contributed by atoms with van der Waals surface area (Å²) in [5.74, 6) is -3.31. The van der Waals surface area contributed by atoms with Crippen molar-refractivity contribution < 1.29 is 34.2 Å². The summed E-state index contributed by atoms with van der Waals surface area (Å²) in [6.07, 6.45) is 1.98. The van der Waals surface area contributed by atoms with Crippen molar-refractivity contribution >= 4 is 74.6 Å². The number of amides is 2. The third-order valence-corrected chi connectivity index (χ3v) is 8.96. The van der Waals surface area contributed by atoms with E-state index < -0.39 is 47.9 Å². The van der Waals surface area contributed by atoms with Gasteiger partial charge >= 0.3 is 11.9 Å². The number of thiazole rings is 1. The number of aliphatic imine (C=N–C) groups is 1. The van der Waals surface area contributed by atoms with Crippen molar-refractivity contribution in [2.45, 2.75) is 30.9 Å². The fourth-order valence-electron chi connectivity index (χ4n) is 4.11. The van der Waals surface area contributed by atoms with Crippen LogP contribution in [0.1, 0.15) is 19.0 Å². The number of rotatable bonds is 11. The molecule has 3 aliphatic rings. The van der Waals surface area contributed by atoms with E-state index in [0.29, 0.717) is 17.3 Å². The van der Waals surface area contributed by atoms with E-state index in [9.17, 15) is 24.3 Å². The van der Waals surface area contributed by atoms with Crippen LogP contribution in [0, 0.1) is 0 Å². The molecule has 0 aliphatic carbocycles. The number of carbonyl (C=O) groups excluding carboxylic acids is 2. The molecule has 1 saturated heterocycles. The van der Waals surface area contributed by atoms with Crippen molar-refractivity contribution in [2.24, 2.45) is 21.6 Å². The van der Waals surface area contributed by atoms with Crippen molar-refractivity contribution in [1.82, 2.24) is 20.1 Å². The van der Waals surface area contributed by atoms with Crippen LogP contribution in [0.5, 0.6) is 0 Å². The first kappa shape index (κ1) is 30.2. The highest BCUT2D eigenvalue weighted by Gasteiger charge is 2.54. The van der Waals surface area contributed by atoms with Gasteiger partial charge in [0.1, 0.15) is 34.8 Å². The Morgan fingerprint density at radius 1 is 1.32 bits per heavy atom. The van der Waals surface area contributed by atoms with E-state index in [0.717, 1.165) is 22.7 Å². The number of aromatic nitrogens is 1. The van der Waals surface area contributed by atoms with Gasteiger partial charge in [0.05, 0.1) is 0 Å². The van der Waals surface area contributed by atoms with Gasteiger partial charge in [0.25, 0.3) is 11.8 Å². The number of hydrogen-bond acceptors (Lipinski definition) is 15. The molecule has 41 heavy (non-hydrogen) atoms. The van der Waals surface area contributed by atoms with E-state index in [1.54, 1.807) is 6.08 Å². The number of nitrogens with zero attached hydrogens (tertiary/aromatic N) is 5. The summed E-state index contributed by atoms with van der Waals surface area (Å²) in [4.78, 5) is 65.3. The Morgan fingerprint density at radius 3 is 2.71 bits per heavy atom. The van der Waals surface area contributed by atoms with E-state index >= 15 is 0 Å². The Kier molecular flexibility index (Phi) is 9.41. The molecule has 0 spiro atoms. The Labute approximate surface area is 245 Å². The van der Waals surface area contributed by atoms with E-state index in [4.69, 9.17) is 27.1 Å². The zero-order valence-electron chi connectivity index (χ0n) is 21.6. The SMILES string of the molecule is CCCN1C(SCC2=C(C(=O)O)N3C(=O)C(NC(=O)/C(=N\OCC(=O)O)c4csc(N)n4)[C@@H]3SC2)=NC(N)=CC1N. The van der Waals surface area contributed by atoms with Crippen molar-refractivity contribution in [3.05, 3.63) is 34.2 Å². The second kappa shape index (κ2) is 12.8. The summed E-state index contributed by atoms with van der Waals surface area (Å²) in [6.45, 7) is 1.81. The lowest BCUT2D eigenvalue weighted by atomic mass is 10.0. The van der Waals surface area contributed by atoms with Crippen LogP contribution in [0.15, 0.2) is 38.7 Å². The van der Waals surface area contributed by atoms with Crippen LogP contribution < -0.4 is 22.5 Å². The summed E-state index contributed by atoms with van der Waals surface area (Å²) in [5, 5.41) is 26.3. The largest absolute Gasteiger partial charge is 0.479 e. The predicted octanol–water partition coefficient (Wildman–Crippen LogP) is -0.831. The van der Waals surface area contributed by atoms with Gasteiger partial charge in [-0.25, -0.2) is 19.6 Å². The molecular weight excluding hydrogens is 598 g/mol. The smallest absolute Gasteiger partial charge is 0.352 e. The molecule has 3 atom stereocenters. The molecule has 0 aromatic carbocycles. The third-order valence-electron chi connectivity index (χ3n) is 5.87. The number of nitrogen functional groups attached to an aromatic ring is 1. The fourth-order valence-corrected chi connectivity index (χ4v) is 7.23. The van der Waals surface area contributed by atoms with Crippen molar-refractivity contribution in [1.29, 1.82) is 0 Å². The molecule has 220 valence electrons. The minimum Gasteiger partial charge on any atom is -0.479 e. The number of fused-ring (bicyclic) bond motifs is 1. The van der Waals surface area contributed by atoms with Crippen LogP contribution in [-0.2, 0) is 24.0 Å². The summed E-state index contributed by atoms with van der Waals surface area (Å²) < 4.78 is 0. The van der Waals surface area contributed by atoms with E-state index in [-0.39, 0.29) is 39.6 Å². The van der Waals surface area contributed by atoms with Gasteiger partial charge in [-0.2, -0.15) is 0 Å². The summed E-state index contributed by atoms with van der Waals surface area (Å²) in [6, 6.07) is -1.07. The average molecular weight is 626 g/mol.